The van der Waals surface area contributed by atoms with E-state index >= 15 is 0 Å². The Morgan fingerprint density at radius 1 is 1.03 bits per heavy atom. The van der Waals surface area contributed by atoms with Crippen molar-refractivity contribution in [2.75, 3.05) is 27.4 Å². The van der Waals surface area contributed by atoms with Gasteiger partial charge >= 0.3 is 5.97 Å². The van der Waals surface area contributed by atoms with Gasteiger partial charge in [0, 0.05) is 18.4 Å². The molecule has 2 heterocycles. The van der Waals surface area contributed by atoms with E-state index in [1.807, 2.05) is 48.5 Å². The maximum absolute atomic E-state index is 13.3. The van der Waals surface area contributed by atoms with E-state index in [2.05, 4.69) is 0 Å². The largest absolute Gasteiger partial charge is 0.493 e. The first-order valence-corrected chi connectivity index (χ1v) is 11.8. The number of fused-ring (bicyclic) bond motifs is 2. The smallest absolute Gasteiger partial charge is 0.339 e. The van der Waals surface area contributed by atoms with Crippen molar-refractivity contribution >= 4 is 40.3 Å². The molecule has 5 rings (SSSR count). The fraction of sp³-hybridized carbons (Fsp3) is 0.286. The average Bonchev–Trinajstić information content (AvgIpc) is 3.51. The number of pyridine rings is 1. The average molecular weight is 487 g/mol. The van der Waals surface area contributed by atoms with Crippen LogP contribution in [0.5, 0.6) is 11.5 Å². The zero-order valence-corrected chi connectivity index (χ0v) is 20.2. The van der Waals surface area contributed by atoms with Crippen molar-refractivity contribution in [3.05, 3.63) is 64.8 Å². The molecule has 0 bridgehead atoms. The molecular weight excluding hydrogens is 460 g/mol. The van der Waals surface area contributed by atoms with Gasteiger partial charge in [-0.05, 0) is 60.2 Å². The number of ether oxygens (including phenoxy) is 3. The van der Waals surface area contributed by atoms with Crippen molar-refractivity contribution < 1.29 is 28.6 Å². The van der Waals surface area contributed by atoms with Crippen molar-refractivity contribution in [1.29, 1.82) is 0 Å². The Morgan fingerprint density at radius 3 is 2.58 bits per heavy atom. The number of methoxy groups -OCH3 is 2. The molecule has 1 fully saturated rings. The molecule has 3 aromatic rings. The van der Waals surface area contributed by atoms with Gasteiger partial charge in [-0.2, -0.15) is 0 Å². The molecule has 1 aliphatic heterocycles. The second kappa shape index (κ2) is 9.81. The van der Waals surface area contributed by atoms with Gasteiger partial charge in [0.1, 0.15) is 0 Å². The van der Waals surface area contributed by atoms with Crippen LogP contribution >= 0.6 is 0 Å². The highest BCUT2D eigenvalue weighted by Gasteiger charge is 2.30. The third kappa shape index (κ3) is 4.30. The number of hydrogen-bond acceptors (Lipinski definition) is 7. The van der Waals surface area contributed by atoms with Crippen molar-refractivity contribution in [3.63, 3.8) is 0 Å². The van der Waals surface area contributed by atoms with Crippen LogP contribution in [0, 0.1) is 0 Å². The number of imide groups is 1. The fourth-order valence-electron chi connectivity index (χ4n) is 4.85. The van der Waals surface area contributed by atoms with E-state index in [1.165, 1.54) is 0 Å². The van der Waals surface area contributed by atoms with Gasteiger partial charge in [-0.3, -0.25) is 14.5 Å². The molecule has 8 heteroatoms. The molecule has 0 radical (unpaired) electrons. The van der Waals surface area contributed by atoms with Crippen LogP contribution in [0.1, 0.15) is 46.4 Å². The van der Waals surface area contributed by atoms with Crippen LogP contribution in [0.25, 0.3) is 22.6 Å². The van der Waals surface area contributed by atoms with Gasteiger partial charge in [-0.25, -0.2) is 9.78 Å². The molecule has 1 saturated heterocycles. The highest BCUT2D eigenvalue weighted by atomic mass is 16.5. The summed E-state index contributed by atoms with van der Waals surface area (Å²) in [4.78, 5) is 43.6. The molecule has 1 aromatic heterocycles. The van der Waals surface area contributed by atoms with Crippen LogP contribution in [0.3, 0.4) is 0 Å². The Morgan fingerprint density at radius 2 is 1.83 bits per heavy atom. The predicted molar refractivity (Wildman–Crippen MR) is 134 cm³/mol. The summed E-state index contributed by atoms with van der Waals surface area (Å²) in [5.74, 6) is -0.0314. The zero-order valence-electron chi connectivity index (χ0n) is 20.2. The normalized spacial score (nSPS) is 15.9. The lowest BCUT2D eigenvalue weighted by Crippen LogP contribution is -2.35. The highest BCUT2D eigenvalue weighted by molar-refractivity contribution is 6.08. The first-order valence-electron chi connectivity index (χ1n) is 11.8. The van der Waals surface area contributed by atoms with Crippen molar-refractivity contribution in [3.8, 4) is 11.5 Å². The van der Waals surface area contributed by atoms with Gasteiger partial charge in [0.2, 0.25) is 5.91 Å². The Bertz CT molecular complexity index is 1410. The lowest BCUT2D eigenvalue weighted by atomic mass is 10.0. The summed E-state index contributed by atoms with van der Waals surface area (Å²) in [6.07, 6.45) is 4.34. The van der Waals surface area contributed by atoms with Crippen molar-refractivity contribution in [1.82, 2.24) is 9.88 Å². The third-order valence-corrected chi connectivity index (χ3v) is 6.60. The van der Waals surface area contributed by atoms with Gasteiger partial charge < -0.3 is 14.2 Å². The van der Waals surface area contributed by atoms with Crippen molar-refractivity contribution in [2.45, 2.75) is 25.7 Å². The van der Waals surface area contributed by atoms with Crippen molar-refractivity contribution in [2.24, 2.45) is 0 Å². The number of carbonyl (C=O) groups is 3. The topological polar surface area (TPSA) is 95.0 Å². The lowest BCUT2D eigenvalue weighted by Gasteiger charge is -2.15. The number of allylic oxidation sites excluding steroid dienone is 1. The van der Waals surface area contributed by atoms with E-state index in [0.717, 1.165) is 27.3 Å². The number of para-hydroxylation sites is 1. The number of hydrogen-bond donors (Lipinski definition) is 0. The minimum Gasteiger partial charge on any atom is -0.493 e. The highest BCUT2D eigenvalue weighted by Crippen LogP contribution is 2.38. The van der Waals surface area contributed by atoms with Gasteiger partial charge in [-0.15, -0.1) is 0 Å². The summed E-state index contributed by atoms with van der Waals surface area (Å²) in [5.41, 5.74) is 4.56. The molecule has 0 spiro atoms. The zero-order chi connectivity index (χ0) is 25.2. The number of likely N-dealkylation sites (tertiary alicyclic amines) is 1. The summed E-state index contributed by atoms with van der Waals surface area (Å²) < 4.78 is 16.2. The number of nitrogens with zero attached hydrogens (tertiary/aromatic N) is 2. The van der Waals surface area contributed by atoms with E-state index in [-0.39, 0.29) is 5.91 Å². The van der Waals surface area contributed by atoms with Crippen LogP contribution < -0.4 is 9.47 Å². The molecule has 2 aromatic carbocycles. The molecular formula is C28H26N2O6. The van der Waals surface area contributed by atoms with Crippen LogP contribution in [0.4, 0.5) is 0 Å². The van der Waals surface area contributed by atoms with Gasteiger partial charge in [0.15, 0.2) is 18.1 Å². The van der Waals surface area contributed by atoms with E-state index in [1.54, 1.807) is 14.2 Å². The molecule has 2 amide bonds. The van der Waals surface area contributed by atoms with Gasteiger partial charge in [0.05, 0.1) is 31.0 Å². The maximum Gasteiger partial charge on any atom is 0.339 e. The summed E-state index contributed by atoms with van der Waals surface area (Å²) >= 11 is 0. The molecule has 0 atom stereocenters. The quantitative estimate of drug-likeness (QED) is 0.485. The molecule has 0 saturated carbocycles. The Labute approximate surface area is 208 Å². The summed E-state index contributed by atoms with van der Waals surface area (Å²) in [5, 5.41) is 0.679. The summed E-state index contributed by atoms with van der Waals surface area (Å²) in [7, 11) is 3.19. The Hall–Kier alpha value is -4.20. The Balaban J connectivity index is 1.49. The second-order valence-electron chi connectivity index (χ2n) is 8.73. The number of aromatic nitrogens is 1. The van der Waals surface area contributed by atoms with Crippen LogP contribution in [-0.2, 0) is 20.7 Å². The first-order chi connectivity index (χ1) is 17.5. The number of rotatable bonds is 6. The van der Waals surface area contributed by atoms with E-state index in [0.29, 0.717) is 60.2 Å². The summed E-state index contributed by atoms with van der Waals surface area (Å²) in [6.45, 7) is -0.0998. The number of carbonyl (C=O) groups excluding carboxylic acids is 3. The molecule has 184 valence electrons. The molecule has 1 aliphatic carbocycles. The predicted octanol–water partition coefficient (Wildman–Crippen LogP) is 4.04. The van der Waals surface area contributed by atoms with E-state index in [9.17, 15) is 14.4 Å². The Kier molecular flexibility index (Phi) is 6.41. The second-order valence-corrected chi connectivity index (χ2v) is 8.73. The van der Waals surface area contributed by atoms with Gasteiger partial charge in [-0.1, -0.05) is 24.3 Å². The monoisotopic (exact) mass is 486 g/mol. The molecule has 36 heavy (non-hydrogen) atoms. The number of amides is 2. The number of benzene rings is 2. The van der Waals surface area contributed by atoms with Crippen LogP contribution in [-0.4, -0.2) is 55.0 Å². The maximum atomic E-state index is 13.3. The minimum absolute atomic E-state index is 0.226. The van der Waals surface area contributed by atoms with E-state index in [4.69, 9.17) is 19.2 Å². The molecule has 0 unspecified atom stereocenters. The number of esters is 1. The standard InChI is InChI=1S/C28H26N2O6/c1-34-22-12-9-17(15-23(22)35-2)14-18-10-11-20-26(19-6-3-4-7-21(19)29-27(18)20)28(33)36-16-25(32)30-13-5-8-24(30)31/h3-4,6-7,9,12,14-15H,5,8,10-11,13,16H2,1-2H3/b18-14+. The lowest BCUT2D eigenvalue weighted by molar-refractivity contribution is -0.143. The minimum atomic E-state index is -0.586. The van der Waals surface area contributed by atoms with E-state index < -0.39 is 18.5 Å². The molecule has 8 nitrogen and oxygen atoms in total. The first kappa shape index (κ1) is 23.5. The third-order valence-electron chi connectivity index (χ3n) is 6.60. The molecule has 2 aliphatic rings. The molecule has 0 N–H and O–H groups in total. The fourth-order valence-corrected chi connectivity index (χ4v) is 4.85. The van der Waals surface area contributed by atoms with Crippen LogP contribution in [0.2, 0.25) is 0 Å². The van der Waals surface area contributed by atoms with Gasteiger partial charge in [0.25, 0.3) is 5.91 Å². The SMILES string of the molecule is COc1ccc(/C=C2\CCc3c2nc2ccccc2c3C(=O)OCC(=O)N2CCCC2=O)cc1OC. The van der Waals surface area contributed by atoms with Crippen LogP contribution in [0.15, 0.2) is 42.5 Å². The summed E-state index contributed by atoms with van der Waals surface area (Å²) in [6, 6.07) is 13.1.